The standard InChI is InChI=1S/C12H13N.C4H9NO/c1-2-13-12-9-5-7-10-6-3-4-8-11(10)12;1-3-6-4-2-5-1/h3-9,13H,2H2,1H3;5H,1-4H2. The topological polar surface area (TPSA) is 33.3 Å². The van der Waals surface area contributed by atoms with E-state index in [1.54, 1.807) is 0 Å². The minimum atomic E-state index is 0.889. The maximum atomic E-state index is 5.01. The number of fused-ring (bicyclic) bond motifs is 1. The monoisotopic (exact) mass is 258 g/mol. The fraction of sp³-hybridized carbons (Fsp3) is 0.375. The van der Waals surface area contributed by atoms with Gasteiger partial charge in [0.15, 0.2) is 0 Å². The van der Waals surface area contributed by atoms with Gasteiger partial charge in [0.05, 0.1) is 13.2 Å². The van der Waals surface area contributed by atoms with Crippen molar-refractivity contribution in [2.45, 2.75) is 6.92 Å². The van der Waals surface area contributed by atoms with E-state index in [1.807, 2.05) is 0 Å². The summed E-state index contributed by atoms with van der Waals surface area (Å²) >= 11 is 0. The molecule has 0 unspecified atom stereocenters. The van der Waals surface area contributed by atoms with Gasteiger partial charge >= 0.3 is 0 Å². The van der Waals surface area contributed by atoms with E-state index in [2.05, 4.69) is 60.0 Å². The minimum Gasteiger partial charge on any atom is -0.385 e. The first-order valence-electron chi connectivity index (χ1n) is 6.92. The average molecular weight is 258 g/mol. The summed E-state index contributed by atoms with van der Waals surface area (Å²) in [5.74, 6) is 0. The molecule has 2 N–H and O–H groups in total. The molecule has 0 radical (unpaired) electrons. The highest BCUT2D eigenvalue weighted by molar-refractivity contribution is 5.93. The summed E-state index contributed by atoms with van der Waals surface area (Å²) in [6.45, 7) is 6.91. The maximum absolute atomic E-state index is 5.01. The third kappa shape index (κ3) is 4.23. The van der Waals surface area contributed by atoms with E-state index in [0.717, 1.165) is 32.8 Å². The molecule has 0 aromatic heterocycles. The summed E-state index contributed by atoms with van der Waals surface area (Å²) < 4.78 is 5.01. The number of nitrogens with one attached hydrogen (secondary N) is 2. The molecule has 19 heavy (non-hydrogen) atoms. The fourth-order valence-corrected chi connectivity index (χ4v) is 2.09. The first-order chi connectivity index (χ1) is 9.42. The van der Waals surface area contributed by atoms with Crippen molar-refractivity contribution in [2.24, 2.45) is 0 Å². The van der Waals surface area contributed by atoms with E-state index in [4.69, 9.17) is 4.74 Å². The molecule has 1 aliphatic heterocycles. The molecule has 3 heteroatoms. The Morgan fingerprint density at radius 1 is 1.05 bits per heavy atom. The zero-order valence-electron chi connectivity index (χ0n) is 11.5. The summed E-state index contributed by atoms with van der Waals surface area (Å²) in [7, 11) is 0. The highest BCUT2D eigenvalue weighted by Gasteiger charge is 1.96. The van der Waals surface area contributed by atoms with Crippen LogP contribution >= 0.6 is 0 Å². The van der Waals surface area contributed by atoms with Crippen molar-refractivity contribution in [1.29, 1.82) is 0 Å². The molecule has 102 valence electrons. The molecule has 0 saturated carbocycles. The van der Waals surface area contributed by atoms with Gasteiger partial charge in [0.2, 0.25) is 0 Å². The second kappa shape index (κ2) is 7.77. The molecular formula is C16H22N2O. The van der Waals surface area contributed by atoms with Crippen LogP contribution < -0.4 is 10.6 Å². The zero-order valence-corrected chi connectivity index (χ0v) is 11.5. The van der Waals surface area contributed by atoms with Crippen LogP contribution in [0.25, 0.3) is 10.8 Å². The number of morpholine rings is 1. The van der Waals surface area contributed by atoms with E-state index >= 15 is 0 Å². The summed E-state index contributed by atoms with van der Waals surface area (Å²) in [5.41, 5.74) is 1.22. The van der Waals surface area contributed by atoms with E-state index in [-0.39, 0.29) is 0 Å². The van der Waals surface area contributed by atoms with E-state index in [1.165, 1.54) is 16.5 Å². The third-order valence-electron chi connectivity index (χ3n) is 3.00. The van der Waals surface area contributed by atoms with Crippen molar-refractivity contribution < 1.29 is 4.74 Å². The Morgan fingerprint density at radius 2 is 1.79 bits per heavy atom. The van der Waals surface area contributed by atoms with Crippen LogP contribution in [0.2, 0.25) is 0 Å². The van der Waals surface area contributed by atoms with Crippen molar-refractivity contribution in [3.05, 3.63) is 42.5 Å². The molecule has 0 aliphatic carbocycles. The van der Waals surface area contributed by atoms with Crippen LogP contribution in [-0.2, 0) is 4.74 Å². The SMILES string of the molecule is C1COCCN1.CCNc1cccc2ccccc12. The second-order valence-electron chi connectivity index (χ2n) is 4.42. The van der Waals surface area contributed by atoms with E-state index < -0.39 is 0 Å². The lowest BCUT2D eigenvalue weighted by atomic mass is 10.1. The first-order valence-corrected chi connectivity index (χ1v) is 6.92. The van der Waals surface area contributed by atoms with Gasteiger partial charge in [-0.05, 0) is 18.4 Å². The number of rotatable bonds is 2. The van der Waals surface area contributed by atoms with Gasteiger partial charge in [0.25, 0.3) is 0 Å². The van der Waals surface area contributed by atoms with Crippen LogP contribution in [0.1, 0.15) is 6.92 Å². The molecule has 2 aromatic rings. The number of hydrogen-bond acceptors (Lipinski definition) is 3. The number of anilines is 1. The fourth-order valence-electron chi connectivity index (χ4n) is 2.09. The normalized spacial score (nSPS) is 14.6. The molecule has 0 atom stereocenters. The second-order valence-corrected chi connectivity index (χ2v) is 4.42. The molecule has 0 amide bonds. The van der Waals surface area contributed by atoms with Crippen LogP contribution in [0, 0.1) is 0 Å². The van der Waals surface area contributed by atoms with Crippen molar-refractivity contribution in [2.75, 3.05) is 38.2 Å². The van der Waals surface area contributed by atoms with Crippen molar-refractivity contribution in [3.63, 3.8) is 0 Å². The van der Waals surface area contributed by atoms with Crippen molar-refractivity contribution in [1.82, 2.24) is 5.32 Å². The molecule has 2 aromatic carbocycles. The van der Waals surface area contributed by atoms with E-state index in [9.17, 15) is 0 Å². The smallest absolute Gasteiger partial charge is 0.0591 e. The highest BCUT2D eigenvalue weighted by Crippen LogP contribution is 2.22. The van der Waals surface area contributed by atoms with Crippen LogP contribution in [0.3, 0.4) is 0 Å². The Morgan fingerprint density at radius 3 is 2.42 bits per heavy atom. The minimum absolute atomic E-state index is 0.889. The summed E-state index contributed by atoms with van der Waals surface area (Å²) in [5, 5.41) is 9.10. The quantitative estimate of drug-likeness (QED) is 0.869. The molecule has 1 aliphatic rings. The van der Waals surface area contributed by atoms with Crippen LogP contribution in [0.4, 0.5) is 5.69 Å². The number of hydrogen-bond donors (Lipinski definition) is 2. The Balaban J connectivity index is 0.000000186. The van der Waals surface area contributed by atoms with Gasteiger partial charge < -0.3 is 15.4 Å². The predicted molar refractivity (Wildman–Crippen MR) is 81.8 cm³/mol. The molecule has 3 nitrogen and oxygen atoms in total. The summed E-state index contributed by atoms with van der Waals surface area (Å²) in [6, 6.07) is 14.8. The first kappa shape index (κ1) is 13.8. The molecule has 1 saturated heterocycles. The molecular weight excluding hydrogens is 236 g/mol. The number of benzene rings is 2. The average Bonchev–Trinajstić information content (AvgIpc) is 2.50. The van der Waals surface area contributed by atoms with Gasteiger partial charge in [0, 0.05) is 30.7 Å². The van der Waals surface area contributed by atoms with Gasteiger partial charge in [-0.15, -0.1) is 0 Å². The molecule has 1 heterocycles. The zero-order chi connectivity index (χ0) is 13.3. The lowest BCUT2D eigenvalue weighted by Crippen LogP contribution is -2.30. The Bertz CT molecular complexity index is 478. The maximum Gasteiger partial charge on any atom is 0.0591 e. The predicted octanol–water partition coefficient (Wildman–Crippen LogP) is 2.88. The van der Waals surface area contributed by atoms with Gasteiger partial charge in [-0.1, -0.05) is 36.4 Å². The van der Waals surface area contributed by atoms with Crippen LogP contribution in [-0.4, -0.2) is 32.8 Å². The van der Waals surface area contributed by atoms with Gasteiger partial charge in [-0.25, -0.2) is 0 Å². The Kier molecular flexibility index (Phi) is 5.66. The largest absolute Gasteiger partial charge is 0.385 e. The van der Waals surface area contributed by atoms with Crippen molar-refractivity contribution in [3.8, 4) is 0 Å². The summed E-state index contributed by atoms with van der Waals surface area (Å²) in [6.07, 6.45) is 0. The molecule has 1 fully saturated rings. The lowest BCUT2D eigenvalue weighted by Gasteiger charge is -2.10. The molecule has 3 rings (SSSR count). The highest BCUT2D eigenvalue weighted by atomic mass is 16.5. The van der Waals surface area contributed by atoms with Gasteiger partial charge in [-0.2, -0.15) is 0 Å². The molecule has 0 bridgehead atoms. The Labute approximate surface area is 115 Å². The van der Waals surface area contributed by atoms with Gasteiger partial charge in [0.1, 0.15) is 0 Å². The van der Waals surface area contributed by atoms with Crippen molar-refractivity contribution >= 4 is 16.5 Å². The molecule has 0 spiro atoms. The number of ether oxygens (including phenoxy) is 1. The summed E-state index contributed by atoms with van der Waals surface area (Å²) in [4.78, 5) is 0. The lowest BCUT2D eigenvalue weighted by molar-refractivity contribution is 0.109. The van der Waals surface area contributed by atoms with E-state index in [0.29, 0.717) is 0 Å². The third-order valence-corrected chi connectivity index (χ3v) is 3.00. The Hall–Kier alpha value is -1.58. The van der Waals surface area contributed by atoms with Crippen LogP contribution in [0.15, 0.2) is 42.5 Å². The van der Waals surface area contributed by atoms with Gasteiger partial charge in [-0.3, -0.25) is 0 Å². The van der Waals surface area contributed by atoms with Crippen LogP contribution in [0.5, 0.6) is 0 Å².